The number of hydrogen-bond acceptors (Lipinski definition) is 7. The van der Waals surface area contributed by atoms with Crippen molar-refractivity contribution in [1.82, 2.24) is 15.8 Å². The highest BCUT2D eigenvalue weighted by Crippen LogP contribution is 2.46. The van der Waals surface area contributed by atoms with Crippen LogP contribution in [0.3, 0.4) is 0 Å². The van der Waals surface area contributed by atoms with Gasteiger partial charge in [-0.1, -0.05) is 0 Å². The molecule has 0 spiro atoms. The van der Waals surface area contributed by atoms with E-state index in [2.05, 4.69) is 5.32 Å². The summed E-state index contributed by atoms with van der Waals surface area (Å²) in [5.74, 6) is 0. The molecule has 1 aliphatic rings. The van der Waals surface area contributed by atoms with E-state index in [0.29, 0.717) is 5.01 Å². The smallest absolute Gasteiger partial charge is 0.337 e. The van der Waals surface area contributed by atoms with Gasteiger partial charge >= 0.3 is 12.1 Å². The average Bonchev–Trinajstić information content (AvgIpc) is 2.51. The Morgan fingerprint density at radius 2 is 1.64 bits per heavy atom. The Balaban J connectivity index is 3.58. The Morgan fingerprint density at radius 1 is 1.14 bits per heavy atom. The van der Waals surface area contributed by atoms with Gasteiger partial charge in [-0.05, 0) is 6.92 Å². The Bertz CT molecular complexity index is 438. The first-order valence-electron chi connectivity index (χ1n) is 6.47. The first-order chi connectivity index (χ1) is 10.2. The molecule has 0 bridgehead atoms. The summed E-state index contributed by atoms with van der Waals surface area (Å²) < 4.78 is 0. The normalized spacial score (nSPS) is 26.5. The number of hydrogen-bond donors (Lipinski definition) is 8. The number of carbonyl (C=O) groups excluding carboxylic acids is 2. The molecule has 0 aromatic heterocycles. The maximum atomic E-state index is 12.2. The molecule has 1 unspecified atom stereocenters. The van der Waals surface area contributed by atoms with Crippen LogP contribution in [0.15, 0.2) is 0 Å². The maximum Gasteiger partial charge on any atom is 0.337 e. The standard InChI is InChI=1S/C11H22N4O7/c1-9(2-16)10(3-17,4-18)11(5-19,6-20)13-8(22)15(9)14-7(12)21/h16-20H,2-6H2,1H3,(H,13,22)(H3,12,14,21). The van der Waals surface area contributed by atoms with Crippen LogP contribution in [-0.2, 0) is 0 Å². The van der Waals surface area contributed by atoms with Gasteiger partial charge in [0.05, 0.1) is 44.0 Å². The van der Waals surface area contributed by atoms with Crippen LogP contribution in [0.1, 0.15) is 6.92 Å². The molecule has 1 rings (SSSR count). The molecular formula is C11H22N4O7. The van der Waals surface area contributed by atoms with E-state index in [4.69, 9.17) is 5.73 Å². The predicted octanol–water partition coefficient (Wildman–Crippen LogP) is -3.96. The molecule has 1 fully saturated rings. The van der Waals surface area contributed by atoms with E-state index in [1.165, 1.54) is 6.92 Å². The van der Waals surface area contributed by atoms with Gasteiger partial charge in [-0.25, -0.2) is 20.0 Å². The molecule has 0 aromatic rings. The van der Waals surface area contributed by atoms with Crippen molar-refractivity contribution >= 4 is 12.1 Å². The number of amides is 4. The van der Waals surface area contributed by atoms with Crippen molar-refractivity contribution in [2.24, 2.45) is 11.1 Å². The molecule has 11 nitrogen and oxygen atoms in total. The molecular weight excluding hydrogens is 300 g/mol. The van der Waals surface area contributed by atoms with E-state index >= 15 is 0 Å². The Hall–Kier alpha value is -1.66. The minimum Gasteiger partial charge on any atom is -0.396 e. The third-order valence-electron chi connectivity index (χ3n) is 4.60. The first kappa shape index (κ1) is 18.4. The minimum absolute atomic E-state index is 0.630. The van der Waals surface area contributed by atoms with Crippen molar-refractivity contribution < 1.29 is 35.1 Å². The molecule has 0 saturated carbocycles. The molecule has 4 amide bonds. The second kappa shape index (κ2) is 6.22. The highest BCUT2D eigenvalue weighted by Gasteiger charge is 2.68. The van der Waals surface area contributed by atoms with Crippen molar-refractivity contribution in [3.8, 4) is 0 Å². The summed E-state index contributed by atoms with van der Waals surface area (Å²) in [6.07, 6.45) is 0. The van der Waals surface area contributed by atoms with Crippen LogP contribution < -0.4 is 16.5 Å². The van der Waals surface area contributed by atoms with Crippen LogP contribution in [0.4, 0.5) is 9.59 Å². The average molecular weight is 322 g/mol. The van der Waals surface area contributed by atoms with Crippen molar-refractivity contribution in [2.75, 3.05) is 33.0 Å². The Morgan fingerprint density at radius 3 is 1.95 bits per heavy atom. The van der Waals surface area contributed by atoms with Gasteiger partial charge in [0.25, 0.3) is 0 Å². The number of hydrazine groups is 1. The lowest BCUT2D eigenvalue weighted by Gasteiger charge is -2.62. The van der Waals surface area contributed by atoms with E-state index in [9.17, 15) is 35.1 Å². The lowest BCUT2D eigenvalue weighted by Crippen LogP contribution is -2.86. The Labute approximate surface area is 126 Å². The molecule has 1 saturated heterocycles. The maximum absolute atomic E-state index is 12.2. The summed E-state index contributed by atoms with van der Waals surface area (Å²) >= 11 is 0. The highest BCUT2D eigenvalue weighted by atomic mass is 16.3. The van der Waals surface area contributed by atoms with E-state index in [1.807, 2.05) is 5.43 Å². The fourth-order valence-corrected chi connectivity index (χ4v) is 2.97. The number of rotatable bonds is 6. The van der Waals surface area contributed by atoms with Crippen LogP contribution in [0.25, 0.3) is 0 Å². The van der Waals surface area contributed by atoms with Crippen LogP contribution in [0, 0.1) is 5.41 Å². The van der Waals surface area contributed by atoms with Crippen molar-refractivity contribution in [3.05, 3.63) is 0 Å². The van der Waals surface area contributed by atoms with Gasteiger partial charge in [-0.2, -0.15) is 0 Å². The molecule has 9 N–H and O–H groups in total. The lowest BCUT2D eigenvalue weighted by molar-refractivity contribution is -0.187. The SMILES string of the molecule is CC1(CO)N(NC(N)=O)C(=O)NC(CO)(CO)C1(CO)CO. The molecule has 1 heterocycles. The number of nitrogens with zero attached hydrogens (tertiary/aromatic N) is 1. The van der Waals surface area contributed by atoms with E-state index in [0.717, 1.165) is 0 Å². The van der Waals surface area contributed by atoms with Crippen LogP contribution in [-0.4, -0.2) is 86.7 Å². The monoisotopic (exact) mass is 322 g/mol. The minimum atomic E-state index is -1.83. The molecule has 128 valence electrons. The molecule has 11 heteroatoms. The van der Waals surface area contributed by atoms with Crippen LogP contribution in [0.5, 0.6) is 0 Å². The van der Waals surface area contributed by atoms with Gasteiger partial charge in [0, 0.05) is 0 Å². The van der Waals surface area contributed by atoms with Gasteiger partial charge in [0.1, 0.15) is 5.54 Å². The number of nitrogens with two attached hydrogens (primary N) is 1. The van der Waals surface area contributed by atoms with E-state index < -0.39 is 61.6 Å². The van der Waals surface area contributed by atoms with Gasteiger partial charge in [0.2, 0.25) is 0 Å². The largest absolute Gasteiger partial charge is 0.396 e. The number of aliphatic hydroxyl groups excluding tert-OH is 5. The molecule has 22 heavy (non-hydrogen) atoms. The first-order valence-corrected chi connectivity index (χ1v) is 6.47. The van der Waals surface area contributed by atoms with Gasteiger partial charge in [-0.3, -0.25) is 0 Å². The lowest BCUT2D eigenvalue weighted by atomic mass is 9.58. The van der Waals surface area contributed by atoms with E-state index in [1.54, 1.807) is 0 Å². The summed E-state index contributed by atoms with van der Waals surface area (Å²) in [7, 11) is 0. The van der Waals surface area contributed by atoms with Crippen molar-refractivity contribution in [1.29, 1.82) is 0 Å². The Kier molecular flexibility index (Phi) is 5.20. The van der Waals surface area contributed by atoms with Gasteiger partial charge < -0.3 is 36.6 Å². The van der Waals surface area contributed by atoms with Crippen LogP contribution >= 0.6 is 0 Å². The van der Waals surface area contributed by atoms with Crippen molar-refractivity contribution in [3.63, 3.8) is 0 Å². The zero-order valence-corrected chi connectivity index (χ0v) is 12.1. The summed E-state index contributed by atoms with van der Waals surface area (Å²) in [6.45, 7) is -2.82. The van der Waals surface area contributed by atoms with Gasteiger partial charge in [0.15, 0.2) is 0 Å². The third-order valence-corrected chi connectivity index (χ3v) is 4.60. The highest BCUT2D eigenvalue weighted by molar-refractivity contribution is 5.82. The van der Waals surface area contributed by atoms with Gasteiger partial charge in [-0.15, -0.1) is 0 Å². The van der Waals surface area contributed by atoms with Crippen LogP contribution in [0.2, 0.25) is 0 Å². The summed E-state index contributed by atoms with van der Waals surface area (Å²) in [5, 5.41) is 51.6. The number of primary amides is 1. The zero-order valence-electron chi connectivity index (χ0n) is 12.1. The molecule has 1 aliphatic heterocycles. The number of carbonyl (C=O) groups is 2. The summed E-state index contributed by atoms with van der Waals surface area (Å²) in [4.78, 5) is 23.3. The fourth-order valence-electron chi connectivity index (χ4n) is 2.97. The molecule has 0 radical (unpaired) electrons. The molecule has 0 aliphatic carbocycles. The summed E-state index contributed by atoms with van der Waals surface area (Å²) in [5.41, 5.74) is 1.59. The van der Waals surface area contributed by atoms with E-state index in [-0.39, 0.29) is 0 Å². The summed E-state index contributed by atoms with van der Waals surface area (Å²) in [6, 6.07) is -2.09. The number of aliphatic hydroxyl groups is 5. The van der Waals surface area contributed by atoms with Crippen molar-refractivity contribution in [2.45, 2.75) is 18.0 Å². The fraction of sp³-hybridized carbons (Fsp3) is 0.818. The molecule has 0 aromatic carbocycles. The predicted molar refractivity (Wildman–Crippen MR) is 72.1 cm³/mol. The zero-order chi connectivity index (χ0) is 17.2. The quantitative estimate of drug-likeness (QED) is 0.245. The molecule has 1 atom stereocenters. The second-order valence-electron chi connectivity index (χ2n) is 5.47. The topological polar surface area (TPSA) is 189 Å². The number of urea groups is 2. The third kappa shape index (κ3) is 2.18. The second-order valence-corrected chi connectivity index (χ2v) is 5.47. The number of nitrogens with one attached hydrogen (secondary N) is 2.